The predicted molar refractivity (Wildman–Crippen MR) is 121 cm³/mol. The zero-order valence-electron chi connectivity index (χ0n) is 18.8. The van der Waals surface area contributed by atoms with Crippen molar-refractivity contribution in [1.82, 2.24) is 5.16 Å². The minimum atomic E-state index is -0.607. The third-order valence-electron chi connectivity index (χ3n) is 4.96. The molecule has 3 rings (SSSR count). The fourth-order valence-corrected chi connectivity index (χ4v) is 3.04. The van der Waals surface area contributed by atoms with Crippen LogP contribution in [-0.2, 0) is 16.1 Å². The molecule has 0 aliphatic heterocycles. The van der Waals surface area contributed by atoms with Crippen molar-refractivity contribution in [2.24, 2.45) is 0 Å². The summed E-state index contributed by atoms with van der Waals surface area (Å²) in [6, 6.07) is 12.9. The lowest BCUT2D eigenvalue weighted by Crippen LogP contribution is -2.14. The van der Waals surface area contributed by atoms with Crippen molar-refractivity contribution in [3.05, 3.63) is 76.7 Å². The maximum Gasteiger partial charge on any atom is 0.338 e. The predicted octanol–water partition coefficient (Wildman–Crippen LogP) is 4.65. The van der Waals surface area contributed by atoms with Gasteiger partial charge in [0.2, 0.25) is 5.91 Å². The lowest BCUT2D eigenvalue weighted by molar-refractivity contribution is -0.116. The Labute approximate surface area is 191 Å². The highest BCUT2D eigenvalue weighted by Gasteiger charge is 2.13. The van der Waals surface area contributed by atoms with Crippen LogP contribution in [0.1, 0.15) is 57.5 Å². The molecule has 8 nitrogen and oxygen atoms in total. The van der Waals surface area contributed by atoms with E-state index in [-0.39, 0.29) is 18.3 Å². The fraction of sp³-hybridized carbons (Fsp3) is 0.280. The number of aromatic nitrogens is 1. The number of anilines is 1. The van der Waals surface area contributed by atoms with Crippen LogP contribution in [-0.4, -0.2) is 29.4 Å². The molecule has 172 valence electrons. The number of amides is 1. The van der Waals surface area contributed by atoms with Crippen molar-refractivity contribution >= 4 is 23.3 Å². The van der Waals surface area contributed by atoms with Crippen molar-refractivity contribution in [3.8, 4) is 5.75 Å². The molecule has 1 heterocycles. The molecule has 2 aromatic carbocycles. The van der Waals surface area contributed by atoms with Crippen LogP contribution in [0, 0.1) is 13.8 Å². The number of nitrogens with one attached hydrogen (secondary N) is 1. The quantitative estimate of drug-likeness (QED) is 0.354. The van der Waals surface area contributed by atoms with Gasteiger partial charge in [0.15, 0.2) is 12.4 Å². The lowest BCUT2D eigenvalue weighted by Gasteiger charge is -2.08. The summed E-state index contributed by atoms with van der Waals surface area (Å²) in [6.07, 6.45) is 1.19. The summed E-state index contributed by atoms with van der Waals surface area (Å²) in [6.45, 7) is 5.51. The normalized spacial score (nSPS) is 10.5. The Bertz CT molecular complexity index is 1100. The van der Waals surface area contributed by atoms with Crippen LogP contribution >= 0.6 is 0 Å². The minimum absolute atomic E-state index is 0.0781. The molecule has 0 fully saturated rings. The van der Waals surface area contributed by atoms with Gasteiger partial charge in [0.05, 0.1) is 16.8 Å². The maximum absolute atomic E-state index is 12.3. The second kappa shape index (κ2) is 11.1. The molecule has 0 saturated carbocycles. The Morgan fingerprint density at radius 1 is 0.970 bits per heavy atom. The van der Waals surface area contributed by atoms with E-state index < -0.39 is 5.97 Å². The molecule has 0 unspecified atom stereocenters. The number of ether oxygens (including phenoxy) is 2. The van der Waals surface area contributed by atoms with Crippen LogP contribution in [0.5, 0.6) is 5.75 Å². The molecule has 33 heavy (non-hydrogen) atoms. The van der Waals surface area contributed by atoms with Crippen LogP contribution in [0.4, 0.5) is 5.69 Å². The van der Waals surface area contributed by atoms with Crippen molar-refractivity contribution < 1.29 is 28.4 Å². The van der Waals surface area contributed by atoms with E-state index in [0.29, 0.717) is 41.4 Å². The highest BCUT2D eigenvalue weighted by molar-refractivity contribution is 6.00. The molecular formula is C25H26N2O6. The average Bonchev–Trinajstić information content (AvgIpc) is 3.14. The van der Waals surface area contributed by atoms with Gasteiger partial charge in [-0.3, -0.25) is 9.59 Å². The van der Waals surface area contributed by atoms with E-state index in [2.05, 4.69) is 10.5 Å². The van der Waals surface area contributed by atoms with E-state index in [1.54, 1.807) is 48.5 Å². The van der Waals surface area contributed by atoms with E-state index in [1.165, 1.54) is 0 Å². The molecule has 1 amide bonds. The molecule has 0 aliphatic carbocycles. The number of esters is 1. The van der Waals surface area contributed by atoms with Gasteiger partial charge in [0.25, 0.3) is 0 Å². The summed E-state index contributed by atoms with van der Waals surface area (Å²) in [5.74, 6) is 0.255. The highest BCUT2D eigenvalue weighted by Crippen LogP contribution is 2.18. The van der Waals surface area contributed by atoms with Crippen LogP contribution < -0.4 is 10.1 Å². The summed E-state index contributed by atoms with van der Waals surface area (Å²) < 4.78 is 16.0. The Morgan fingerprint density at radius 3 is 2.24 bits per heavy atom. The zero-order chi connectivity index (χ0) is 23.8. The zero-order valence-corrected chi connectivity index (χ0v) is 18.8. The topological polar surface area (TPSA) is 108 Å². The maximum atomic E-state index is 12.3. The number of rotatable bonds is 10. The molecule has 8 heteroatoms. The van der Waals surface area contributed by atoms with E-state index >= 15 is 0 Å². The Balaban J connectivity index is 1.48. The minimum Gasteiger partial charge on any atom is -0.489 e. The van der Waals surface area contributed by atoms with Crippen molar-refractivity contribution in [2.45, 2.75) is 40.2 Å². The molecule has 0 saturated heterocycles. The lowest BCUT2D eigenvalue weighted by atomic mass is 10.1. The van der Waals surface area contributed by atoms with Gasteiger partial charge in [0.1, 0.15) is 18.1 Å². The Hall–Kier alpha value is -3.94. The fourth-order valence-electron chi connectivity index (χ4n) is 3.04. The van der Waals surface area contributed by atoms with Gasteiger partial charge in [-0.15, -0.1) is 0 Å². The first-order chi connectivity index (χ1) is 15.9. The molecule has 1 aromatic heterocycles. The average molecular weight is 450 g/mol. The molecule has 0 atom stereocenters. The van der Waals surface area contributed by atoms with Gasteiger partial charge in [-0.05, 0) is 68.8 Å². The molecule has 3 aromatic rings. The first-order valence-corrected chi connectivity index (χ1v) is 10.6. The number of carbonyl (C=O) groups excluding carboxylic acids is 3. The van der Waals surface area contributed by atoms with Gasteiger partial charge in [0, 0.05) is 17.7 Å². The number of aryl methyl sites for hydroxylation is 2. The van der Waals surface area contributed by atoms with Crippen LogP contribution in [0.3, 0.4) is 0 Å². The Morgan fingerprint density at radius 2 is 1.64 bits per heavy atom. The molecule has 1 N–H and O–H groups in total. The molecule has 0 bridgehead atoms. The second-order valence-electron chi connectivity index (χ2n) is 7.49. The Kier molecular flexibility index (Phi) is 7.96. The number of Topliss-reactive ketones (excluding diaryl/α,β-unsaturated/α-hetero) is 1. The third kappa shape index (κ3) is 6.52. The number of hydrogen-bond acceptors (Lipinski definition) is 7. The van der Waals surface area contributed by atoms with Crippen molar-refractivity contribution in [2.75, 3.05) is 11.9 Å². The van der Waals surface area contributed by atoms with Gasteiger partial charge in [-0.1, -0.05) is 12.1 Å². The second-order valence-corrected chi connectivity index (χ2v) is 7.49. The van der Waals surface area contributed by atoms with Crippen LogP contribution in [0.15, 0.2) is 53.1 Å². The number of ketones is 1. The standard InChI is InChI=1S/C25H26N2O6/c1-4-5-24(29)26-20-10-6-18(7-11-20)23(28)15-32-25(30)19-8-12-21(13-9-19)31-14-22-16(2)27-33-17(22)3/h6-13H,4-5,14-15H2,1-3H3,(H,26,29). The van der Waals surface area contributed by atoms with E-state index in [4.69, 9.17) is 14.0 Å². The monoisotopic (exact) mass is 450 g/mol. The molecular weight excluding hydrogens is 424 g/mol. The third-order valence-corrected chi connectivity index (χ3v) is 4.96. The first-order valence-electron chi connectivity index (χ1n) is 10.6. The number of carbonyl (C=O) groups is 3. The van der Waals surface area contributed by atoms with Crippen LogP contribution in [0.2, 0.25) is 0 Å². The largest absolute Gasteiger partial charge is 0.489 e. The van der Waals surface area contributed by atoms with Crippen LogP contribution in [0.25, 0.3) is 0 Å². The van der Waals surface area contributed by atoms with E-state index in [0.717, 1.165) is 17.7 Å². The van der Waals surface area contributed by atoms with Gasteiger partial charge in [-0.2, -0.15) is 0 Å². The number of hydrogen-bond donors (Lipinski definition) is 1. The summed E-state index contributed by atoms with van der Waals surface area (Å²) in [5, 5.41) is 6.64. The first kappa shape index (κ1) is 23.7. The van der Waals surface area contributed by atoms with Gasteiger partial charge >= 0.3 is 5.97 Å². The van der Waals surface area contributed by atoms with Gasteiger partial charge < -0.3 is 19.3 Å². The number of nitrogens with zero attached hydrogens (tertiary/aromatic N) is 1. The molecule has 0 spiro atoms. The highest BCUT2D eigenvalue weighted by atomic mass is 16.5. The summed E-state index contributed by atoms with van der Waals surface area (Å²) in [7, 11) is 0. The van der Waals surface area contributed by atoms with E-state index in [9.17, 15) is 14.4 Å². The summed E-state index contributed by atoms with van der Waals surface area (Å²) in [5.41, 5.74) is 2.96. The van der Waals surface area contributed by atoms with Crippen molar-refractivity contribution in [1.29, 1.82) is 0 Å². The smallest absolute Gasteiger partial charge is 0.338 e. The summed E-state index contributed by atoms with van der Waals surface area (Å²) in [4.78, 5) is 36.2. The summed E-state index contributed by atoms with van der Waals surface area (Å²) >= 11 is 0. The number of benzene rings is 2. The van der Waals surface area contributed by atoms with Crippen molar-refractivity contribution in [3.63, 3.8) is 0 Å². The van der Waals surface area contributed by atoms with Gasteiger partial charge in [-0.25, -0.2) is 4.79 Å². The molecule has 0 aliphatic rings. The SMILES string of the molecule is CCCC(=O)Nc1ccc(C(=O)COC(=O)c2ccc(OCc3c(C)noc3C)cc2)cc1. The molecule has 0 radical (unpaired) electrons. The van der Waals surface area contributed by atoms with E-state index in [1.807, 2.05) is 20.8 Å².